The molecule has 1 saturated heterocycles. The van der Waals surface area contributed by atoms with Crippen LogP contribution in [0.1, 0.15) is 46.5 Å². The van der Waals surface area contributed by atoms with Crippen LogP contribution >= 0.6 is 24.8 Å². The number of para-hydroxylation sites is 1. The van der Waals surface area contributed by atoms with Crippen LogP contribution in [-0.4, -0.2) is 90.7 Å². The summed E-state index contributed by atoms with van der Waals surface area (Å²) in [7, 11) is -0.728. The first kappa shape index (κ1) is 45.4. The van der Waals surface area contributed by atoms with Gasteiger partial charge in [0.25, 0.3) is 5.91 Å². The van der Waals surface area contributed by atoms with Crippen molar-refractivity contribution in [2.75, 3.05) is 26.1 Å². The summed E-state index contributed by atoms with van der Waals surface area (Å²) in [6, 6.07) is 22.6. The molecule has 0 unspecified atom stereocenters. The van der Waals surface area contributed by atoms with Crippen molar-refractivity contribution in [3.63, 3.8) is 0 Å². The predicted octanol–water partition coefficient (Wildman–Crippen LogP) is 6.70. The number of nitrogens with zero attached hydrogens (tertiary/aromatic N) is 3. The molecule has 2 saturated carbocycles. The van der Waals surface area contributed by atoms with Gasteiger partial charge in [0.1, 0.15) is 41.0 Å². The molecule has 332 valence electrons. The van der Waals surface area contributed by atoms with E-state index >= 15 is 4.79 Å². The monoisotopic (exact) mass is 912 g/mol. The van der Waals surface area contributed by atoms with Gasteiger partial charge >= 0.3 is 0 Å². The number of fused-ring (bicyclic) bond motifs is 1. The molecule has 1 aliphatic heterocycles. The SMILES string of the molecule is C=C[C@@H]1C[C@]1(NC(=O)[C@@H]1C[C@@H](Oc2cc(-c3ccccc3)nc3cc(OC)ccc23)CN1C(=O)[C@@H](Nc1nc(-c2ccccc2OC)cs1)C(C)(C)C)C(=O)NS(=O)(=O)C1CC1.S. The highest BCUT2D eigenvalue weighted by molar-refractivity contribution is 7.91. The molecule has 2 aromatic heterocycles. The second-order valence-electron chi connectivity index (χ2n) is 17.1. The molecule has 0 spiro atoms. The Morgan fingerprint density at radius 1 is 0.952 bits per heavy atom. The molecule has 0 radical (unpaired) electrons. The number of methoxy groups -OCH3 is 2. The van der Waals surface area contributed by atoms with Crippen molar-refractivity contribution in [3.05, 3.63) is 96.9 Å². The van der Waals surface area contributed by atoms with Crippen LogP contribution in [-0.2, 0) is 24.4 Å². The van der Waals surface area contributed by atoms with Gasteiger partial charge in [-0.05, 0) is 48.9 Å². The number of likely N-dealkylation sites (tertiary alicyclic amines) is 1. The van der Waals surface area contributed by atoms with Gasteiger partial charge in [0.05, 0.1) is 42.9 Å². The summed E-state index contributed by atoms with van der Waals surface area (Å²) in [6.45, 7) is 9.65. The molecule has 5 atom stereocenters. The lowest BCUT2D eigenvalue weighted by Gasteiger charge is -2.35. The third-order valence-electron chi connectivity index (χ3n) is 11.7. The van der Waals surface area contributed by atoms with E-state index in [9.17, 15) is 18.0 Å². The number of rotatable bonds is 15. The number of benzene rings is 3. The smallest absolute Gasteiger partial charge is 0.259 e. The van der Waals surface area contributed by atoms with Gasteiger partial charge in [-0.3, -0.25) is 19.1 Å². The van der Waals surface area contributed by atoms with Gasteiger partial charge in [-0.1, -0.05) is 69.3 Å². The van der Waals surface area contributed by atoms with E-state index < -0.39 is 62.1 Å². The van der Waals surface area contributed by atoms with Crippen LogP contribution in [0.15, 0.2) is 96.9 Å². The number of ether oxygens (including phenoxy) is 3. The molecule has 5 aromatic rings. The highest BCUT2D eigenvalue weighted by Gasteiger charge is 2.62. The van der Waals surface area contributed by atoms with E-state index in [4.69, 9.17) is 24.2 Å². The maximum atomic E-state index is 15.1. The first-order chi connectivity index (χ1) is 29.6. The lowest BCUT2D eigenvalue weighted by molar-refractivity contribution is -0.141. The molecule has 14 nitrogen and oxygen atoms in total. The van der Waals surface area contributed by atoms with Crippen LogP contribution in [0.5, 0.6) is 17.2 Å². The van der Waals surface area contributed by atoms with E-state index in [-0.39, 0.29) is 38.8 Å². The number of hydrogen-bond donors (Lipinski definition) is 3. The minimum absolute atomic E-state index is 0. The number of amides is 3. The number of hydrogen-bond acceptors (Lipinski definition) is 12. The number of sulfonamides is 1. The molecule has 63 heavy (non-hydrogen) atoms. The Labute approximate surface area is 378 Å². The van der Waals surface area contributed by atoms with Gasteiger partial charge < -0.3 is 29.7 Å². The van der Waals surface area contributed by atoms with Crippen molar-refractivity contribution in [3.8, 4) is 39.8 Å². The van der Waals surface area contributed by atoms with E-state index in [1.165, 1.54) is 22.3 Å². The summed E-state index contributed by atoms with van der Waals surface area (Å²) in [5.74, 6) is -0.536. The van der Waals surface area contributed by atoms with E-state index in [0.29, 0.717) is 57.5 Å². The molecular weight excluding hydrogens is 861 g/mol. The van der Waals surface area contributed by atoms with Crippen LogP contribution in [0.2, 0.25) is 0 Å². The zero-order valence-corrected chi connectivity index (χ0v) is 38.3. The zero-order chi connectivity index (χ0) is 44.0. The van der Waals surface area contributed by atoms with E-state index in [0.717, 1.165) is 11.1 Å². The number of anilines is 1. The van der Waals surface area contributed by atoms with Crippen LogP contribution in [0.3, 0.4) is 0 Å². The third kappa shape index (κ3) is 9.36. The van der Waals surface area contributed by atoms with Gasteiger partial charge in [-0.15, -0.1) is 17.9 Å². The van der Waals surface area contributed by atoms with Crippen molar-refractivity contribution in [1.29, 1.82) is 0 Å². The summed E-state index contributed by atoms with van der Waals surface area (Å²) in [5.41, 5.74) is 1.41. The van der Waals surface area contributed by atoms with Gasteiger partial charge in [-0.2, -0.15) is 13.5 Å². The standard InChI is InChI=1S/C46H50N6O8S2.H2S/c1-7-28-24-46(28,43(55)51-62(56,57)31-18-19-31)50-41(53)37-22-30(60-39-23-34(27-13-9-8-10-14-27)47-35-21-29(58-5)17-20-33(35)39)25-52(37)42(54)40(45(2,3)4)49-44-48-36(26-61-44)32-15-11-12-16-38(32)59-6;/h7-17,20-21,23,26,28,30-31,37,40H,1,18-19,22,24-25H2,2-6H3,(H,48,49)(H,50,53)(H,51,55);1H2/t28-,30-,37+,40-,46-;/m1./s1. The van der Waals surface area contributed by atoms with E-state index in [1.54, 1.807) is 14.2 Å². The van der Waals surface area contributed by atoms with Crippen LogP contribution in [0.4, 0.5) is 5.13 Å². The maximum absolute atomic E-state index is 15.1. The lowest BCUT2D eigenvalue weighted by atomic mass is 9.85. The second kappa shape index (κ2) is 17.8. The van der Waals surface area contributed by atoms with Crippen molar-refractivity contribution in [1.82, 2.24) is 24.9 Å². The average Bonchev–Trinajstić information content (AvgIpc) is 4.15. The van der Waals surface area contributed by atoms with Gasteiger partial charge in [0.15, 0.2) is 5.13 Å². The highest BCUT2D eigenvalue weighted by atomic mass is 32.2. The molecule has 3 heterocycles. The highest BCUT2D eigenvalue weighted by Crippen LogP contribution is 2.46. The first-order valence-corrected chi connectivity index (χ1v) is 22.9. The predicted molar refractivity (Wildman–Crippen MR) is 249 cm³/mol. The second-order valence-corrected chi connectivity index (χ2v) is 19.9. The normalized spacial score (nSPS) is 21.1. The molecular formula is C46H52N6O8S3. The van der Waals surface area contributed by atoms with Crippen LogP contribution in [0.25, 0.3) is 33.4 Å². The van der Waals surface area contributed by atoms with Gasteiger partial charge in [0, 0.05) is 46.4 Å². The largest absolute Gasteiger partial charge is 0.497 e. The Morgan fingerprint density at radius 2 is 1.68 bits per heavy atom. The molecule has 3 aromatic carbocycles. The molecule has 2 aliphatic carbocycles. The maximum Gasteiger partial charge on any atom is 0.259 e. The Morgan fingerprint density at radius 3 is 2.35 bits per heavy atom. The Bertz CT molecular complexity index is 2650. The zero-order valence-electron chi connectivity index (χ0n) is 35.7. The number of aromatic nitrogens is 2. The number of carbonyl (C=O) groups excluding carboxylic acids is 3. The molecule has 3 amide bonds. The van der Waals surface area contributed by atoms with Crippen LogP contribution < -0.4 is 29.6 Å². The number of carbonyl (C=O) groups is 3. The van der Waals surface area contributed by atoms with Crippen LogP contribution in [0, 0.1) is 11.3 Å². The minimum atomic E-state index is -3.91. The molecule has 3 fully saturated rings. The molecule has 8 rings (SSSR count). The quantitative estimate of drug-likeness (QED) is 0.0953. The lowest BCUT2D eigenvalue weighted by Crippen LogP contribution is -2.58. The molecule has 17 heteroatoms. The fourth-order valence-electron chi connectivity index (χ4n) is 7.99. The number of thiazole rings is 1. The summed E-state index contributed by atoms with van der Waals surface area (Å²) in [6.07, 6.45) is 2.01. The summed E-state index contributed by atoms with van der Waals surface area (Å²) in [5, 5.41) is 8.73. The molecule has 3 N–H and O–H groups in total. The van der Waals surface area contributed by atoms with E-state index in [1.807, 2.05) is 105 Å². The number of pyridine rings is 1. The Hall–Kier alpha value is -5.65. The van der Waals surface area contributed by atoms with Crippen molar-refractivity contribution >= 4 is 68.6 Å². The fraction of sp³-hybridized carbons (Fsp3) is 0.370. The Balaban J connectivity index is 0.00000595. The first-order valence-electron chi connectivity index (χ1n) is 20.5. The summed E-state index contributed by atoms with van der Waals surface area (Å²) in [4.78, 5) is 54.7. The molecule has 3 aliphatic rings. The Kier molecular flexibility index (Phi) is 12.9. The number of nitrogens with one attached hydrogen (secondary N) is 3. The fourth-order valence-corrected chi connectivity index (χ4v) is 10.1. The van der Waals surface area contributed by atoms with Crippen molar-refractivity contribution < 1.29 is 37.0 Å². The third-order valence-corrected chi connectivity index (χ3v) is 14.3. The molecule has 0 bridgehead atoms. The summed E-state index contributed by atoms with van der Waals surface area (Å²) >= 11 is 1.34. The summed E-state index contributed by atoms with van der Waals surface area (Å²) < 4.78 is 45.9. The van der Waals surface area contributed by atoms with Crippen molar-refractivity contribution in [2.24, 2.45) is 11.3 Å². The van der Waals surface area contributed by atoms with Crippen molar-refractivity contribution in [2.45, 2.75) is 75.4 Å². The van der Waals surface area contributed by atoms with Gasteiger partial charge in [-0.25, -0.2) is 18.4 Å². The topological polar surface area (TPSA) is 178 Å². The van der Waals surface area contributed by atoms with E-state index in [2.05, 4.69) is 21.9 Å². The average molecular weight is 913 g/mol. The van der Waals surface area contributed by atoms with Gasteiger partial charge in [0.2, 0.25) is 21.8 Å². The minimum Gasteiger partial charge on any atom is -0.497 e.